The molecule has 0 aliphatic heterocycles. The van der Waals surface area contributed by atoms with Crippen molar-refractivity contribution in [2.24, 2.45) is 22.7 Å². The monoisotopic (exact) mass is 1230 g/mol. The largest absolute Gasteiger partial charge is 0.432 e. The fourth-order valence-electron chi connectivity index (χ4n) is 12.1. The molecule has 0 amide bonds. The predicted octanol–water partition coefficient (Wildman–Crippen LogP) is 18.3. The van der Waals surface area contributed by atoms with Gasteiger partial charge < -0.3 is 14.8 Å². The van der Waals surface area contributed by atoms with E-state index in [0.717, 1.165) is 87.7 Å². The summed E-state index contributed by atoms with van der Waals surface area (Å²) in [5, 5.41) is 4.79. The van der Waals surface area contributed by atoms with Gasteiger partial charge in [0.2, 0.25) is 0 Å². The van der Waals surface area contributed by atoms with Crippen molar-refractivity contribution < 1.29 is 37.9 Å². The standard InChI is InChI=1S/C27H40O2S.C21H23OP.C18H28O3S.C6H16OSi.H2O.H2/c1-21-11-6-7-12-22(21)15-16-23-13-10-19-27(5)24(17-18-25(23)27)14-8-9-20-30(28,29)26(2,3)4;1-18-10-8-9-11-19(18)16-17-23(22,20-12-4-2-5-13-20)21-14-6-3-7-15-21;1-17(2,3)22(20,21)13-6-5-8-14-10-11-15-16(19)9-7-12-18(14,15)4;1-6(2,3)8(4,5)7;;/h9,15-17,20,25H,1,6-8,10-14,18-19H2,2-5H3;2-7,12-16H,1,8-11,17H2;6,10,13,15H,5,7-9,11-12H2,1-4H3;7H,1-5H3;1H2;1H/b20-9+,22-15-,23-16+;19-16-;13-6+;;;/t25-,27+;;15?,18-;;;/m0.1.../s1. The zero-order valence-corrected chi connectivity index (χ0v) is 57.6. The van der Waals surface area contributed by atoms with E-state index in [1.807, 2.05) is 79.8 Å². The molecule has 468 valence electrons. The van der Waals surface area contributed by atoms with Gasteiger partial charge in [0.15, 0.2) is 28.0 Å². The van der Waals surface area contributed by atoms with E-state index in [0.29, 0.717) is 17.9 Å². The first-order chi connectivity index (χ1) is 38.6. The van der Waals surface area contributed by atoms with Crippen LogP contribution in [-0.4, -0.2) is 56.9 Å². The van der Waals surface area contributed by atoms with Gasteiger partial charge in [0.05, 0.1) is 9.49 Å². The summed E-state index contributed by atoms with van der Waals surface area (Å²) in [6.45, 7) is 33.7. The second kappa shape index (κ2) is 30.3. The van der Waals surface area contributed by atoms with Crippen molar-refractivity contribution in [2.75, 3.05) is 6.16 Å². The van der Waals surface area contributed by atoms with E-state index < -0.39 is 44.6 Å². The molecule has 4 fully saturated rings. The molecule has 0 aromatic heterocycles. The van der Waals surface area contributed by atoms with Gasteiger partial charge in [-0.1, -0.05) is 179 Å². The molecule has 0 heterocycles. The summed E-state index contributed by atoms with van der Waals surface area (Å²) < 4.78 is 61.1. The van der Waals surface area contributed by atoms with Crippen molar-refractivity contribution in [3.8, 4) is 0 Å². The molecule has 12 heteroatoms. The van der Waals surface area contributed by atoms with E-state index in [1.54, 1.807) is 53.2 Å². The maximum atomic E-state index is 13.9. The van der Waals surface area contributed by atoms with Gasteiger partial charge >= 0.3 is 0 Å². The Labute approximate surface area is 513 Å². The second-order valence-electron chi connectivity index (χ2n) is 28.4. The summed E-state index contributed by atoms with van der Waals surface area (Å²) in [4.78, 5) is 21.6. The molecule has 1 unspecified atom stereocenters. The highest BCUT2D eigenvalue weighted by Gasteiger charge is 2.47. The van der Waals surface area contributed by atoms with Crippen LogP contribution in [0.15, 0.2) is 166 Å². The van der Waals surface area contributed by atoms with Crippen LogP contribution in [0, 0.1) is 22.7 Å². The predicted molar refractivity (Wildman–Crippen MR) is 365 cm³/mol. The SMILES string of the molecule is C=C1CCCC/C1=C/C=C1\CCC[C@]2(C)C(CC/C=C/S(=O)(=O)C(C)(C)C)=CC[C@@H]12.C=C1CCCC/C1=C/CP(=O)(c1ccccc1)c1ccccc1.CC(C)(C)S(=O)(=O)/C=C/CCC1=CCC2C(=O)CCC[C@]12C.CC(C)(C)[Si](C)(C)O.O.[HH]. The lowest BCUT2D eigenvalue weighted by Gasteiger charge is -2.41. The summed E-state index contributed by atoms with van der Waals surface area (Å²) in [6.07, 6.45) is 37.2. The lowest BCUT2D eigenvalue weighted by molar-refractivity contribution is -0.128. The average Bonchev–Trinajstić information content (AvgIpc) is 2.03. The Hall–Kier alpha value is -3.96. The number of hydrogen-bond donors (Lipinski definition) is 1. The van der Waals surface area contributed by atoms with Crippen molar-refractivity contribution in [1.29, 1.82) is 0 Å². The van der Waals surface area contributed by atoms with Gasteiger partial charge in [-0.25, -0.2) is 16.8 Å². The van der Waals surface area contributed by atoms with E-state index in [-0.39, 0.29) is 28.7 Å². The minimum Gasteiger partial charge on any atom is -0.432 e. The molecule has 8 nitrogen and oxygen atoms in total. The zero-order valence-electron chi connectivity index (χ0n) is 54.0. The van der Waals surface area contributed by atoms with Crippen molar-refractivity contribution in [3.63, 3.8) is 0 Å². The normalized spacial score (nSPS) is 24.9. The Morgan fingerprint density at radius 1 is 0.619 bits per heavy atom. The van der Waals surface area contributed by atoms with Crippen LogP contribution in [0.4, 0.5) is 0 Å². The van der Waals surface area contributed by atoms with Gasteiger partial charge in [0, 0.05) is 41.4 Å². The molecule has 3 N–H and O–H groups in total. The van der Waals surface area contributed by atoms with Gasteiger partial charge in [-0.2, -0.15) is 0 Å². The fourth-order valence-corrected chi connectivity index (χ4v) is 16.2. The summed E-state index contributed by atoms with van der Waals surface area (Å²) in [5.74, 6) is 1.18. The fraction of sp³-hybridized carbons (Fsp3) is 0.569. The summed E-state index contributed by atoms with van der Waals surface area (Å²) >= 11 is 0. The van der Waals surface area contributed by atoms with E-state index in [4.69, 9.17) is 0 Å². The molecule has 8 rings (SSSR count). The smallest absolute Gasteiger partial charge is 0.187 e. The molecule has 4 atom stereocenters. The lowest BCUT2D eigenvalue weighted by Crippen LogP contribution is -2.36. The van der Waals surface area contributed by atoms with Gasteiger partial charge in [-0.3, -0.25) is 4.79 Å². The molecule has 2 aromatic carbocycles. The van der Waals surface area contributed by atoms with Crippen molar-refractivity contribution >= 4 is 51.5 Å². The van der Waals surface area contributed by atoms with Crippen LogP contribution in [0.3, 0.4) is 0 Å². The van der Waals surface area contributed by atoms with Gasteiger partial charge in [0.1, 0.15) is 12.9 Å². The molecule has 0 radical (unpaired) electrons. The van der Waals surface area contributed by atoms with Crippen LogP contribution in [0.25, 0.3) is 0 Å². The number of benzene rings is 2. The highest BCUT2D eigenvalue weighted by Crippen LogP contribution is 2.56. The molecular formula is C72H111O8PS2Si. The topological polar surface area (TPSA) is 154 Å². The maximum absolute atomic E-state index is 13.9. The third kappa shape index (κ3) is 19.0. The van der Waals surface area contributed by atoms with Crippen LogP contribution >= 0.6 is 7.14 Å². The van der Waals surface area contributed by atoms with Gasteiger partial charge in [0.25, 0.3) is 0 Å². The summed E-state index contributed by atoms with van der Waals surface area (Å²) in [6, 6.07) is 19.8. The minimum absolute atomic E-state index is 0. The van der Waals surface area contributed by atoms with Crippen LogP contribution < -0.4 is 10.6 Å². The van der Waals surface area contributed by atoms with E-state index in [2.05, 4.69) is 78.2 Å². The third-order valence-electron chi connectivity index (χ3n) is 19.3. The molecule has 2 aromatic rings. The number of hydrogen-bond acceptors (Lipinski definition) is 7. The van der Waals surface area contributed by atoms with Crippen LogP contribution in [0.1, 0.15) is 206 Å². The Morgan fingerprint density at radius 3 is 1.45 bits per heavy atom. The number of ketones is 1. The molecule has 6 aliphatic rings. The molecule has 84 heavy (non-hydrogen) atoms. The Kier molecular flexibility index (Phi) is 26.2. The number of rotatable bonds is 13. The molecule has 0 saturated heterocycles. The Bertz CT molecular complexity index is 3030. The number of allylic oxidation sites excluding steroid dienone is 14. The molecular weight excluding hydrogens is 1120 g/mol. The third-order valence-corrected chi connectivity index (χ3v) is 30.4. The quantitative estimate of drug-likeness (QED) is 0.119. The van der Waals surface area contributed by atoms with Gasteiger partial charge in [-0.05, 0) is 210 Å². The molecule has 6 aliphatic carbocycles. The molecule has 0 spiro atoms. The van der Waals surface area contributed by atoms with Crippen LogP contribution in [0.5, 0.6) is 0 Å². The first-order valence-corrected chi connectivity index (χ1v) is 39.1. The van der Waals surface area contributed by atoms with Crippen molar-refractivity contribution in [2.45, 2.75) is 232 Å². The van der Waals surface area contributed by atoms with Crippen LogP contribution in [-0.2, 0) is 29.0 Å². The first-order valence-electron chi connectivity index (χ1n) is 31.2. The van der Waals surface area contributed by atoms with E-state index in [9.17, 15) is 31.0 Å². The number of fused-ring (bicyclic) bond motifs is 2. The zero-order chi connectivity index (χ0) is 61.7. The summed E-state index contributed by atoms with van der Waals surface area (Å²) in [7, 11) is -10.9. The van der Waals surface area contributed by atoms with Gasteiger partial charge in [-0.15, -0.1) is 0 Å². The van der Waals surface area contributed by atoms with E-state index in [1.165, 1.54) is 95.6 Å². The number of sulfone groups is 2. The molecule has 0 bridgehead atoms. The second-order valence-corrected chi connectivity index (χ2v) is 41.0. The number of carbonyl (C=O) groups excluding carboxylic acids is 1. The lowest BCUT2D eigenvalue weighted by atomic mass is 9.63. The highest BCUT2D eigenvalue weighted by molar-refractivity contribution is 7.95. The molecule has 4 saturated carbocycles. The average molecular weight is 1230 g/mol. The highest BCUT2D eigenvalue weighted by atomic mass is 32.2. The summed E-state index contributed by atoms with van der Waals surface area (Å²) in [5.41, 5.74) is 10.1. The van der Waals surface area contributed by atoms with Crippen molar-refractivity contribution in [1.82, 2.24) is 0 Å². The Balaban J connectivity index is 0.000000313. The number of carbonyl (C=O) groups is 1. The number of Topliss-reactive ketones (excluding diaryl/α,β-unsaturated/α-hetero) is 1. The van der Waals surface area contributed by atoms with Crippen LogP contribution in [0.2, 0.25) is 18.1 Å². The minimum atomic E-state index is -3.19. The first kappa shape index (κ1) is 72.5. The van der Waals surface area contributed by atoms with E-state index >= 15 is 0 Å². The Morgan fingerprint density at radius 2 is 1.02 bits per heavy atom. The maximum Gasteiger partial charge on any atom is 0.187 e. The van der Waals surface area contributed by atoms with Crippen molar-refractivity contribution in [3.05, 3.63) is 166 Å².